The van der Waals surface area contributed by atoms with Crippen LogP contribution in [0.15, 0.2) is 0 Å². The van der Waals surface area contributed by atoms with Crippen molar-refractivity contribution < 1.29 is 4.79 Å². The first-order chi connectivity index (χ1) is 5.66. The Morgan fingerprint density at radius 1 is 1.67 bits per heavy atom. The number of hydrogen-bond acceptors (Lipinski definition) is 1. The number of rotatable bonds is 2. The number of amides is 1. The second-order valence-corrected chi connectivity index (χ2v) is 4.28. The molecule has 0 N–H and O–H groups in total. The van der Waals surface area contributed by atoms with E-state index in [4.69, 9.17) is 0 Å². The number of halogens is 1. The van der Waals surface area contributed by atoms with Gasteiger partial charge in [0.1, 0.15) is 0 Å². The molecule has 1 atom stereocenters. The van der Waals surface area contributed by atoms with E-state index in [2.05, 4.69) is 15.9 Å². The lowest BCUT2D eigenvalue weighted by Gasteiger charge is -2.24. The van der Waals surface area contributed by atoms with Crippen LogP contribution in [0.25, 0.3) is 0 Å². The maximum atomic E-state index is 11.6. The fourth-order valence-electron chi connectivity index (χ4n) is 1.62. The van der Waals surface area contributed by atoms with Gasteiger partial charge in [0.2, 0.25) is 5.91 Å². The molecule has 0 aliphatic carbocycles. The quantitative estimate of drug-likeness (QED) is 0.669. The van der Waals surface area contributed by atoms with Crippen LogP contribution in [0.3, 0.4) is 0 Å². The Bertz CT molecular complexity index is 170. The predicted molar refractivity (Wildman–Crippen MR) is 53.4 cm³/mol. The van der Waals surface area contributed by atoms with Crippen LogP contribution >= 0.6 is 15.9 Å². The summed E-state index contributed by atoms with van der Waals surface area (Å²) < 4.78 is 0. The van der Waals surface area contributed by atoms with Gasteiger partial charge in [-0.05, 0) is 12.8 Å². The van der Waals surface area contributed by atoms with Gasteiger partial charge in [-0.1, -0.05) is 29.8 Å². The zero-order valence-corrected chi connectivity index (χ0v) is 9.30. The molecule has 2 nitrogen and oxygen atoms in total. The molecule has 3 heteroatoms. The highest BCUT2D eigenvalue weighted by Gasteiger charge is 2.28. The molecule has 1 aliphatic rings. The lowest BCUT2D eigenvalue weighted by atomic mass is 10.2. The summed E-state index contributed by atoms with van der Waals surface area (Å²) in [7, 11) is 0. The van der Waals surface area contributed by atoms with Crippen molar-refractivity contribution in [1.29, 1.82) is 0 Å². The van der Waals surface area contributed by atoms with Crippen molar-refractivity contribution in [3.05, 3.63) is 0 Å². The van der Waals surface area contributed by atoms with Crippen LogP contribution in [-0.4, -0.2) is 28.7 Å². The SMILES string of the molecule is CC(C)C(=O)N1CCC[C@@H]1CBr. The van der Waals surface area contributed by atoms with E-state index < -0.39 is 0 Å². The van der Waals surface area contributed by atoms with Crippen LogP contribution in [-0.2, 0) is 4.79 Å². The van der Waals surface area contributed by atoms with Gasteiger partial charge in [0, 0.05) is 23.8 Å². The van der Waals surface area contributed by atoms with Crippen molar-refractivity contribution in [2.45, 2.75) is 32.7 Å². The van der Waals surface area contributed by atoms with Crippen LogP contribution in [0.2, 0.25) is 0 Å². The van der Waals surface area contributed by atoms with Crippen molar-refractivity contribution >= 4 is 21.8 Å². The fraction of sp³-hybridized carbons (Fsp3) is 0.889. The molecule has 0 aromatic rings. The van der Waals surface area contributed by atoms with Gasteiger partial charge in [-0.2, -0.15) is 0 Å². The van der Waals surface area contributed by atoms with Gasteiger partial charge in [0.05, 0.1) is 0 Å². The fourth-order valence-corrected chi connectivity index (χ4v) is 2.29. The number of carbonyl (C=O) groups is 1. The molecule has 70 valence electrons. The highest BCUT2D eigenvalue weighted by molar-refractivity contribution is 9.09. The van der Waals surface area contributed by atoms with E-state index in [0.29, 0.717) is 11.9 Å². The molecule has 12 heavy (non-hydrogen) atoms. The lowest BCUT2D eigenvalue weighted by Crippen LogP contribution is -2.38. The van der Waals surface area contributed by atoms with Crippen molar-refractivity contribution in [2.75, 3.05) is 11.9 Å². The molecule has 0 saturated carbocycles. The standard InChI is InChI=1S/C9H16BrNO/c1-7(2)9(12)11-5-3-4-8(11)6-10/h7-8H,3-6H2,1-2H3/t8-/m1/s1. The van der Waals surface area contributed by atoms with Crippen LogP contribution in [0.1, 0.15) is 26.7 Å². The van der Waals surface area contributed by atoms with Gasteiger partial charge in [0.25, 0.3) is 0 Å². The third-order valence-corrected chi connectivity index (χ3v) is 3.08. The van der Waals surface area contributed by atoms with Crippen LogP contribution in [0.4, 0.5) is 0 Å². The molecule has 1 aliphatic heterocycles. The minimum absolute atomic E-state index is 0.143. The molecule has 0 bridgehead atoms. The molecule has 0 unspecified atom stereocenters. The Labute approximate surface area is 82.4 Å². The van der Waals surface area contributed by atoms with E-state index in [0.717, 1.165) is 24.7 Å². The van der Waals surface area contributed by atoms with Gasteiger partial charge in [-0.25, -0.2) is 0 Å². The van der Waals surface area contributed by atoms with Crippen LogP contribution in [0.5, 0.6) is 0 Å². The monoisotopic (exact) mass is 233 g/mol. The first-order valence-electron chi connectivity index (χ1n) is 4.53. The molecule has 1 amide bonds. The summed E-state index contributed by atoms with van der Waals surface area (Å²) in [5.74, 6) is 0.446. The summed E-state index contributed by atoms with van der Waals surface area (Å²) >= 11 is 3.44. The van der Waals surface area contributed by atoms with E-state index in [9.17, 15) is 4.79 Å². The molecule has 1 rings (SSSR count). The maximum absolute atomic E-state index is 11.6. The number of hydrogen-bond donors (Lipinski definition) is 0. The van der Waals surface area contributed by atoms with Crippen molar-refractivity contribution in [1.82, 2.24) is 4.90 Å². The Hall–Kier alpha value is -0.0500. The Morgan fingerprint density at radius 2 is 2.33 bits per heavy atom. The molecule has 1 heterocycles. The summed E-state index contributed by atoms with van der Waals surface area (Å²) in [6.45, 7) is 4.88. The zero-order valence-electron chi connectivity index (χ0n) is 7.72. The topological polar surface area (TPSA) is 20.3 Å². The molecular weight excluding hydrogens is 218 g/mol. The Balaban J connectivity index is 2.55. The molecule has 0 aromatic carbocycles. The second kappa shape index (κ2) is 4.26. The minimum atomic E-state index is 0.143. The highest BCUT2D eigenvalue weighted by Crippen LogP contribution is 2.20. The average Bonchev–Trinajstić information content (AvgIpc) is 2.49. The molecule has 1 fully saturated rings. The van der Waals surface area contributed by atoms with Gasteiger partial charge in [0.15, 0.2) is 0 Å². The van der Waals surface area contributed by atoms with Crippen molar-refractivity contribution in [3.63, 3.8) is 0 Å². The second-order valence-electron chi connectivity index (χ2n) is 3.64. The number of likely N-dealkylation sites (tertiary alicyclic amines) is 1. The third kappa shape index (κ3) is 2.00. The van der Waals surface area contributed by atoms with E-state index in [1.165, 1.54) is 0 Å². The van der Waals surface area contributed by atoms with E-state index in [-0.39, 0.29) is 5.92 Å². The van der Waals surface area contributed by atoms with E-state index >= 15 is 0 Å². The van der Waals surface area contributed by atoms with Crippen LogP contribution in [0, 0.1) is 5.92 Å². The highest BCUT2D eigenvalue weighted by atomic mass is 79.9. The van der Waals surface area contributed by atoms with Gasteiger partial charge >= 0.3 is 0 Å². The number of alkyl halides is 1. The molecule has 1 saturated heterocycles. The first kappa shape index (κ1) is 10.0. The summed E-state index contributed by atoms with van der Waals surface area (Å²) in [5.41, 5.74) is 0. The summed E-state index contributed by atoms with van der Waals surface area (Å²) in [5, 5.41) is 0.922. The van der Waals surface area contributed by atoms with Gasteiger partial charge in [-0.3, -0.25) is 4.79 Å². The normalized spacial score (nSPS) is 23.7. The smallest absolute Gasteiger partial charge is 0.225 e. The van der Waals surface area contributed by atoms with Crippen molar-refractivity contribution in [3.8, 4) is 0 Å². The maximum Gasteiger partial charge on any atom is 0.225 e. The van der Waals surface area contributed by atoms with E-state index in [1.807, 2.05) is 18.7 Å². The summed E-state index contributed by atoms with van der Waals surface area (Å²) in [4.78, 5) is 13.6. The largest absolute Gasteiger partial charge is 0.339 e. The number of carbonyl (C=O) groups excluding carboxylic acids is 1. The third-order valence-electron chi connectivity index (χ3n) is 2.33. The predicted octanol–water partition coefficient (Wildman–Crippen LogP) is 2.03. The Kier molecular flexibility index (Phi) is 3.56. The molecule has 0 aromatic heterocycles. The van der Waals surface area contributed by atoms with Crippen LogP contribution < -0.4 is 0 Å². The number of nitrogens with zero attached hydrogens (tertiary/aromatic N) is 1. The van der Waals surface area contributed by atoms with Gasteiger partial charge in [-0.15, -0.1) is 0 Å². The van der Waals surface area contributed by atoms with Crippen molar-refractivity contribution in [2.24, 2.45) is 5.92 Å². The van der Waals surface area contributed by atoms with Gasteiger partial charge < -0.3 is 4.90 Å². The summed E-state index contributed by atoms with van der Waals surface area (Å²) in [6.07, 6.45) is 2.32. The average molecular weight is 234 g/mol. The molecule has 0 radical (unpaired) electrons. The summed E-state index contributed by atoms with van der Waals surface area (Å²) in [6, 6.07) is 0.444. The van der Waals surface area contributed by atoms with E-state index in [1.54, 1.807) is 0 Å². The molecule has 0 spiro atoms. The molecular formula is C9H16BrNO. The minimum Gasteiger partial charge on any atom is -0.339 e. The lowest BCUT2D eigenvalue weighted by molar-refractivity contribution is -0.134. The first-order valence-corrected chi connectivity index (χ1v) is 5.65. The Morgan fingerprint density at radius 3 is 2.83 bits per heavy atom. The zero-order chi connectivity index (χ0) is 9.14.